The lowest BCUT2D eigenvalue weighted by Crippen LogP contribution is -2.32. The van der Waals surface area contributed by atoms with Crippen molar-refractivity contribution in [3.05, 3.63) is 145 Å². The number of anilines is 1. The molecule has 1 heterocycles. The Bertz CT molecular complexity index is 1860. The van der Waals surface area contributed by atoms with E-state index in [1.54, 1.807) is 36.4 Å². The van der Waals surface area contributed by atoms with Crippen molar-refractivity contribution in [3.8, 4) is 11.5 Å². The van der Waals surface area contributed by atoms with Crippen LogP contribution in [0.1, 0.15) is 5.56 Å². The van der Waals surface area contributed by atoms with Gasteiger partial charge in [0.05, 0.1) is 10.6 Å². The molecule has 2 bridgehead atoms. The third-order valence-electron chi connectivity index (χ3n) is 7.32. The van der Waals surface area contributed by atoms with Gasteiger partial charge in [0, 0.05) is 17.2 Å². The van der Waals surface area contributed by atoms with Gasteiger partial charge in [-0.3, -0.25) is 4.72 Å². The van der Waals surface area contributed by atoms with Crippen LogP contribution in [0.2, 0.25) is 0 Å². The van der Waals surface area contributed by atoms with Gasteiger partial charge < -0.3 is 24.5 Å². The standard InChI is InChI=1S/C30H31FNO4P.C6H5NO2S.ClH/c31-29-13-7-8-14-30(29)35-22-25(33)21-32-20-19-24-15-17-26(18-16-24)36-23-37(34,27-9-3-1-4-10-27)28-11-5-2-6-12-28;8-10(9)6-3-1-2-5(4-6)7-10;/h1-18,25,32-33H,19-23H2;1-4,7H;1H. The smallest absolute Gasteiger partial charge is 0.261 e. The zero-order valence-corrected chi connectivity index (χ0v) is 28.5. The van der Waals surface area contributed by atoms with E-state index in [1.165, 1.54) is 12.1 Å². The SMILES string of the molecule is Cl.O=P(COc1ccc(CCNCC(O)COc2ccccc2F)cc1)(c1ccccc1)c1ccccc1.O=S1(=O)Nc2cccc1c2. The van der Waals surface area contributed by atoms with E-state index >= 15 is 0 Å². The van der Waals surface area contributed by atoms with Crippen LogP contribution in [0.4, 0.5) is 10.1 Å². The minimum Gasteiger partial charge on any atom is -0.488 e. The second-order valence-corrected chi connectivity index (χ2v) is 15.3. The fraction of sp³-hybridized carbons (Fsp3) is 0.167. The summed E-state index contributed by atoms with van der Waals surface area (Å²) in [6.07, 6.45) is 0.0861. The number of nitrogens with one attached hydrogen (secondary N) is 2. The Kier molecular flexibility index (Phi) is 13.2. The normalized spacial score (nSPS) is 13.2. The Morgan fingerprint density at radius 2 is 1.42 bits per heavy atom. The van der Waals surface area contributed by atoms with E-state index in [1.807, 2.05) is 84.9 Å². The summed E-state index contributed by atoms with van der Waals surface area (Å²) in [6, 6.07) is 39.4. The van der Waals surface area contributed by atoms with E-state index < -0.39 is 29.1 Å². The monoisotopic (exact) mass is 710 g/mol. The molecule has 1 aliphatic rings. The number of halogens is 2. The van der Waals surface area contributed by atoms with Gasteiger partial charge in [-0.25, -0.2) is 12.8 Å². The Balaban J connectivity index is 0.000000400. The molecule has 1 aliphatic heterocycles. The average molecular weight is 711 g/mol. The van der Waals surface area contributed by atoms with Gasteiger partial charge in [0.25, 0.3) is 10.0 Å². The van der Waals surface area contributed by atoms with Crippen molar-refractivity contribution in [1.29, 1.82) is 0 Å². The number of ether oxygens (including phenoxy) is 2. The highest BCUT2D eigenvalue weighted by Crippen LogP contribution is 2.43. The summed E-state index contributed by atoms with van der Waals surface area (Å²) < 4.78 is 63.3. The summed E-state index contributed by atoms with van der Waals surface area (Å²) >= 11 is 0. The number of aliphatic hydroxyl groups is 1. The van der Waals surface area contributed by atoms with Crippen molar-refractivity contribution < 1.29 is 32.0 Å². The van der Waals surface area contributed by atoms with Gasteiger partial charge in [-0.1, -0.05) is 91.0 Å². The highest BCUT2D eigenvalue weighted by Gasteiger charge is 2.28. The number of hydrogen-bond acceptors (Lipinski definition) is 7. The maximum absolute atomic E-state index is 14.0. The molecule has 0 radical (unpaired) electrons. The third kappa shape index (κ3) is 9.92. The van der Waals surface area contributed by atoms with Gasteiger partial charge in [-0.2, -0.15) is 0 Å². The molecule has 0 saturated heterocycles. The predicted molar refractivity (Wildman–Crippen MR) is 191 cm³/mol. The highest BCUT2D eigenvalue weighted by atomic mass is 35.5. The van der Waals surface area contributed by atoms with Crippen LogP contribution in [-0.4, -0.2) is 45.7 Å². The number of para-hydroxylation sites is 1. The molecule has 12 heteroatoms. The first-order chi connectivity index (χ1) is 22.7. The molecule has 0 aromatic heterocycles. The minimum atomic E-state index is -3.17. The molecule has 0 aliphatic carbocycles. The molecule has 48 heavy (non-hydrogen) atoms. The van der Waals surface area contributed by atoms with Crippen molar-refractivity contribution in [1.82, 2.24) is 5.32 Å². The lowest BCUT2D eigenvalue weighted by atomic mass is 10.1. The van der Waals surface area contributed by atoms with Crippen molar-refractivity contribution in [2.45, 2.75) is 17.4 Å². The molecule has 8 nitrogen and oxygen atoms in total. The van der Waals surface area contributed by atoms with Crippen LogP contribution in [0.5, 0.6) is 11.5 Å². The molecule has 5 aromatic carbocycles. The average Bonchev–Trinajstić information content (AvgIpc) is 3.31. The van der Waals surface area contributed by atoms with Gasteiger partial charge in [0.1, 0.15) is 24.8 Å². The maximum atomic E-state index is 14.0. The summed E-state index contributed by atoms with van der Waals surface area (Å²) in [7, 11) is -6.12. The number of hydrogen-bond donors (Lipinski definition) is 3. The van der Waals surface area contributed by atoms with Gasteiger partial charge in [0.2, 0.25) is 0 Å². The summed E-state index contributed by atoms with van der Waals surface area (Å²) in [6.45, 7) is 1.01. The quantitative estimate of drug-likeness (QED) is 0.102. The van der Waals surface area contributed by atoms with Gasteiger partial charge in [-0.15, -0.1) is 12.4 Å². The fourth-order valence-electron chi connectivity index (χ4n) is 4.80. The zero-order chi connectivity index (χ0) is 33.1. The molecule has 1 unspecified atom stereocenters. The van der Waals surface area contributed by atoms with Gasteiger partial charge >= 0.3 is 0 Å². The topological polar surface area (TPSA) is 114 Å². The van der Waals surface area contributed by atoms with Crippen LogP contribution in [-0.2, 0) is 21.0 Å². The van der Waals surface area contributed by atoms with Crippen LogP contribution in [0.25, 0.3) is 0 Å². The summed E-state index contributed by atoms with van der Waals surface area (Å²) in [5, 5.41) is 14.8. The second-order valence-electron chi connectivity index (χ2n) is 10.8. The molecule has 1 atom stereocenters. The van der Waals surface area contributed by atoms with Gasteiger partial charge in [-0.05, 0) is 61.0 Å². The maximum Gasteiger partial charge on any atom is 0.261 e. The van der Waals surface area contributed by atoms with Crippen molar-refractivity contribution in [2.75, 3.05) is 30.8 Å². The Labute approximate surface area is 286 Å². The van der Waals surface area contributed by atoms with Crippen LogP contribution in [0.3, 0.4) is 0 Å². The lowest BCUT2D eigenvalue weighted by Gasteiger charge is -2.20. The summed E-state index contributed by atoms with van der Waals surface area (Å²) in [5.41, 5.74) is 1.75. The Morgan fingerprint density at radius 1 is 0.792 bits per heavy atom. The first kappa shape index (κ1) is 36.7. The summed E-state index contributed by atoms with van der Waals surface area (Å²) in [4.78, 5) is 0.352. The van der Waals surface area contributed by atoms with Crippen LogP contribution < -0.4 is 30.1 Å². The molecule has 0 amide bonds. The van der Waals surface area contributed by atoms with E-state index in [4.69, 9.17) is 9.47 Å². The van der Waals surface area contributed by atoms with E-state index in [0.29, 0.717) is 29.4 Å². The van der Waals surface area contributed by atoms with Crippen molar-refractivity contribution in [3.63, 3.8) is 0 Å². The van der Waals surface area contributed by atoms with E-state index in [-0.39, 0.29) is 31.1 Å². The summed E-state index contributed by atoms with van der Waals surface area (Å²) in [5.74, 6) is 0.343. The number of benzene rings is 5. The van der Waals surface area contributed by atoms with Gasteiger partial charge in [0.15, 0.2) is 18.7 Å². The van der Waals surface area contributed by atoms with E-state index in [2.05, 4.69) is 10.0 Å². The molecular weight excluding hydrogens is 674 g/mol. The predicted octanol–water partition coefficient (Wildman–Crippen LogP) is 5.97. The molecule has 252 valence electrons. The molecule has 6 rings (SSSR count). The minimum absolute atomic E-state index is 0. The van der Waals surface area contributed by atoms with Crippen LogP contribution in [0, 0.1) is 5.82 Å². The molecule has 5 aromatic rings. The first-order valence-corrected chi connectivity index (χ1v) is 18.4. The second kappa shape index (κ2) is 17.3. The van der Waals surface area contributed by atoms with E-state index in [0.717, 1.165) is 22.6 Å². The van der Waals surface area contributed by atoms with E-state index in [9.17, 15) is 22.5 Å². The van der Waals surface area contributed by atoms with Crippen LogP contribution in [0.15, 0.2) is 138 Å². The Hall–Kier alpha value is -4.18. The number of sulfonamides is 1. The molecule has 0 fully saturated rings. The zero-order valence-electron chi connectivity index (χ0n) is 25.9. The number of rotatable bonds is 13. The molecule has 0 spiro atoms. The number of fused-ring (bicyclic) bond motifs is 2. The largest absolute Gasteiger partial charge is 0.488 e. The Morgan fingerprint density at radius 3 is 2.02 bits per heavy atom. The van der Waals surface area contributed by atoms with Crippen molar-refractivity contribution in [2.24, 2.45) is 0 Å². The molecule has 3 N–H and O–H groups in total. The highest BCUT2D eigenvalue weighted by molar-refractivity contribution is 7.93. The lowest BCUT2D eigenvalue weighted by molar-refractivity contribution is 0.104. The fourth-order valence-corrected chi connectivity index (χ4v) is 8.13. The van der Waals surface area contributed by atoms with Crippen molar-refractivity contribution >= 4 is 45.9 Å². The molecular formula is C36H37ClFN2O6PS. The van der Waals surface area contributed by atoms with Crippen LogP contribution >= 0.6 is 19.5 Å². The third-order valence-corrected chi connectivity index (χ3v) is 11.5. The first-order valence-electron chi connectivity index (χ1n) is 15.0. The molecule has 0 saturated carbocycles. The number of aliphatic hydroxyl groups excluding tert-OH is 1.